The summed E-state index contributed by atoms with van der Waals surface area (Å²) in [6.45, 7) is 5.34. The van der Waals surface area contributed by atoms with Gasteiger partial charge in [-0.05, 0) is 68.6 Å². The van der Waals surface area contributed by atoms with Crippen molar-refractivity contribution in [2.75, 3.05) is 39.8 Å². The maximum atomic E-state index is 12.1. The monoisotopic (exact) mass is 428 g/mol. The SMILES string of the molecule is CN1CCN(CC2CCC/C(=C/c3ccco3)CC2(O)Cc2ccc(Cl)cc2)CC1. The second-order valence-corrected chi connectivity index (χ2v) is 9.53. The molecule has 1 saturated heterocycles. The molecule has 4 rings (SSSR count). The van der Waals surface area contributed by atoms with Crippen LogP contribution in [0.1, 0.15) is 37.0 Å². The summed E-state index contributed by atoms with van der Waals surface area (Å²) in [7, 11) is 2.19. The minimum atomic E-state index is -0.772. The Morgan fingerprint density at radius 1 is 1.17 bits per heavy atom. The zero-order chi connectivity index (χ0) is 21.0. The Labute approximate surface area is 185 Å². The molecule has 0 bridgehead atoms. The normalized spacial score (nSPS) is 28.0. The van der Waals surface area contributed by atoms with Crippen LogP contribution in [-0.4, -0.2) is 60.3 Å². The average molecular weight is 429 g/mol. The fourth-order valence-corrected chi connectivity index (χ4v) is 5.06. The number of rotatable bonds is 5. The van der Waals surface area contributed by atoms with Crippen molar-refractivity contribution in [2.24, 2.45) is 5.92 Å². The van der Waals surface area contributed by atoms with Crippen LogP contribution in [0.5, 0.6) is 0 Å². The van der Waals surface area contributed by atoms with E-state index < -0.39 is 5.60 Å². The summed E-state index contributed by atoms with van der Waals surface area (Å²) in [5, 5.41) is 12.8. The minimum absolute atomic E-state index is 0.249. The number of aliphatic hydroxyl groups is 1. The summed E-state index contributed by atoms with van der Waals surface area (Å²) in [6.07, 6.45) is 8.35. The minimum Gasteiger partial charge on any atom is -0.465 e. The summed E-state index contributed by atoms with van der Waals surface area (Å²) in [5.41, 5.74) is 1.65. The van der Waals surface area contributed by atoms with E-state index in [4.69, 9.17) is 16.0 Å². The standard InChI is InChI=1S/C25H33ClN2O2/c1-27-11-13-28(14-12-27)19-22-5-2-4-21(16-24-6-3-15-30-24)18-25(22,29)17-20-7-9-23(26)10-8-20/h3,6-10,15-16,22,29H,2,4-5,11-14,17-19H2,1H3/b21-16-. The second-order valence-electron chi connectivity index (χ2n) is 9.09. The maximum Gasteiger partial charge on any atom is 0.126 e. The highest BCUT2D eigenvalue weighted by atomic mass is 35.5. The van der Waals surface area contributed by atoms with Gasteiger partial charge in [0.2, 0.25) is 0 Å². The largest absolute Gasteiger partial charge is 0.465 e. The summed E-state index contributed by atoms with van der Waals surface area (Å²) in [4.78, 5) is 4.92. The van der Waals surface area contributed by atoms with Crippen molar-refractivity contribution < 1.29 is 9.52 Å². The van der Waals surface area contributed by atoms with Gasteiger partial charge in [-0.15, -0.1) is 0 Å². The number of halogens is 1. The number of likely N-dealkylation sites (N-methyl/N-ethyl adjacent to an activating group) is 1. The number of benzene rings is 1. The quantitative estimate of drug-likeness (QED) is 0.699. The van der Waals surface area contributed by atoms with Crippen LogP contribution in [0, 0.1) is 5.92 Å². The lowest BCUT2D eigenvalue weighted by molar-refractivity contribution is -0.0347. The van der Waals surface area contributed by atoms with Gasteiger partial charge in [-0.3, -0.25) is 0 Å². The third-order valence-corrected chi connectivity index (χ3v) is 6.98. The van der Waals surface area contributed by atoms with Gasteiger partial charge < -0.3 is 19.3 Å². The molecule has 1 aromatic heterocycles. The number of furan rings is 1. The second kappa shape index (κ2) is 9.69. The lowest BCUT2D eigenvalue weighted by atomic mass is 9.77. The molecule has 2 aromatic rings. The molecule has 0 amide bonds. The molecule has 1 aliphatic carbocycles. The van der Waals surface area contributed by atoms with Gasteiger partial charge in [0.1, 0.15) is 5.76 Å². The third kappa shape index (κ3) is 5.55. The van der Waals surface area contributed by atoms with Gasteiger partial charge in [-0.25, -0.2) is 0 Å². The molecule has 2 heterocycles. The molecule has 1 aromatic carbocycles. The molecule has 2 unspecified atom stereocenters. The Hall–Kier alpha value is -1.59. The zero-order valence-corrected chi connectivity index (χ0v) is 18.7. The highest BCUT2D eigenvalue weighted by Gasteiger charge is 2.40. The topological polar surface area (TPSA) is 39.9 Å². The van der Waals surface area contributed by atoms with Crippen LogP contribution in [0.15, 0.2) is 52.7 Å². The van der Waals surface area contributed by atoms with Crippen molar-refractivity contribution in [1.29, 1.82) is 0 Å². The first-order valence-electron chi connectivity index (χ1n) is 11.1. The summed E-state index contributed by atoms with van der Waals surface area (Å²) in [6, 6.07) is 11.8. The van der Waals surface area contributed by atoms with Crippen LogP contribution in [0.4, 0.5) is 0 Å². The van der Waals surface area contributed by atoms with Crippen LogP contribution in [-0.2, 0) is 6.42 Å². The summed E-state index contributed by atoms with van der Waals surface area (Å²) < 4.78 is 5.55. The van der Waals surface area contributed by atoms with Crippen molar-refractivity contribution in [2.45, 2.75) is 37.7 Å². The van der Waals surface area contributed by atoms with E-state index in [0.717, 1.165) is 68.3 Å². The Morgan fingerprint density at radius 2 is 1.93 bits per heavy atom. The van der Waals surface area contributed by atoms with Crippen molar-refractivity contribution in [3.05, 3.63) is 64.6 Å². The van der Waals surface area contributed by atoms with Gasteiger partial charge in [-0.2, -0.15) is 0 Å². The number of hydrogen-bond acceptors (Lipinski definition) is 4. The molecule has 4 nitrogen and oxygen atoms in total. The number of piperazine rings is 1. The van der Waals surface area contributed by atoms with E-state index in [1.807, 2.05) is 36.4 Å². The first-order chi connectivity index (χ1) is 14.5. The van der Waals surface area contributed by atoms with Crippen LogP contribution < -0.4 is 0 Å². The lowest BCUT2D eigenvalue weighted by Crippen LogP contribution is -2.50. The first-order valence-corrected chi connectivity index (χ1v) is 11.5. The molecule has 0 spiro atoms. The van der Waals surface area contributed by atoms with Crippen molar-refractivity contribution in [3.8, 4) is 0 Å². The fraction of sp³-hybridized carbons (Fsp3) is 0.520. The van der Waals surface area contributed by atoms with Gasteiger partial charge in [0.25, 0.3) is 0 Å². The Balaban J connectivity index is 1.57. The molecule has 2 fully saturated rings. The van der Waals surface area contributed by atoms with Crippen molar-refractivity contribution >= 4 is 17.7 Å². The predicted molar refractivity (Wildman–Crippen MR) is 123 cm³/mol. The van der Waals surface area contributed by atoms with Crippen LogP contribution in [0.3, 0.4) is 0 Å². The molecular formula is C25H33ClN2O2. The molecule has 1 N–H and O–H groups in total. The smallest absolute Gasteiger partial charge is 0.126 e. The van der Waals surface area contributed by atoms with E-state index in [1.165, 1.54) is 5.57 Å². The lowest BCUT2D eigenvalue weighted by Gasteiger charge is -2.41. The molecule has 162 valence electrons. The molecule has 0 radical (unpaired) electrons. The molecule has 5 heteroatoms. The zero-order valence-electron chi connectivity index (χ0n) is 17.9. The maximum absolute atomic E-state index is 12.1. The number of hydrogen-bond donors (Lipinski definition) is 1. The van der Waals surface area contributed by atoms with E-state index in [0.29, 0.717) is 12.8 Å². The summed E-state index contributed by atoms with van der Waals surface area (Å²) >= 11 is 6.09. The Bertz CT molecular complexity index is 825. The van der Waals surface area contributed by atoms with E-state index in [2.05, 4.69) is 22.9 Å². The number of nitrogens with zero attached hydrogens (tertiary/aromatic N) is 2. The van der Waals surface area contributed by atoms with Gasteiger partial charge >= 0.3 is 0 Å². The Morgan fingerprint density at radius 3 is 2.63 bits per heavy atom. The highest BCUT2D eigenvalue weighted by Crippen LogP contribution is 2.39. The molecule has 1 aliphatic heterocycles. The van der Waals surface area contributed by atoms with E-state index in [-0.39, 0.29) is 5.92 Å². The van der Waals surface area contributed by atoms with Gasteiger partial charge in [0.05, 0.1) is 11.9 Å². The molecule has 1 saturated carbocycles. The summed E-state index contributed by atoms with van der Waals surface area (Å²) in [5.74, 6) is 1.12. The van der Waals surface area contributed by atoms with Gasteiger partial charge in [-0.1, -0.05) is 29.3 Å². The first kappa shape index (κ1) is 21.6. The highest BCUT2D eigenvalue weighted by molar-refractivity contribution is 6.30. The third-order valence-electron chi connectivity index (χ3n) is 6.73. The van der Waals surface area contributed by atoms with Crippen LogP contribution in [0.25, 0.3) is 6.08 Å². The molecule has 2 aliphatic rings. The van der Waals surface area contributed by atoms with Crippen molar-refractivity contribution in [1.82, 2.24) is 9.80 Å². The van der Waals surface area contributed by atoms with E-state index >= 15 is 0 Å². The molecule has 30 heavy (non-hydrogen) atoms. The van der Waals surface area contributed by atoms with Gasteiger partial charge in [0, 0.05) is 50.1 Å². The van der Waals surface area contributed by atoms with Gasteiger partial charge in [0.15, 0.2) is 0 Å². The predicted octanol–water partition coefficient (Wildman–Crippen LogP) is 4.73. The fourth-order valence-electron chi connectivity index (χ4n) is 4.93. The molecular weight excluding hydrogens is 396 g/mol. The van der Waals surface area contributed by atoms with E-state index in [1.54, 1.807) is 6.26 Å². The van der Waals surface area contributed by atoms with Crippen LogP contribution in [0.2, 0.25) is 5.02 Å². The average Bonchev–Trinajstić information content (AvgIpc) is 3.18. The Kier molecular flexibility index (Phi) is 6.99. The molecule has 2 atom stereocenters. The van der Waals surface area contributed by atoms with Crippen molar-refractivity contribution in [3.63, 3.8) is 0 Å². The van der Waals surface area contributed by atoms with Crippen LogP contribution >= 0.6 is 11.6 Å². The van der Waals surface area contributed by atoms with E-state index in [9.17, 15) is 5.11 Å².